The predicted octanol–water partition coefficient (Wildman–Crippen LogP) is 3.49. The first-order valence-electron chi connectivity index (χ1n) is 9.62. The molecule has 0 saturated carbocycles. The van der Waals surface area contributed by atoms with E-state index in [0.717, 1.165) is 12.0 Å². The van der Waals surface area contributed by atoms with Crippen molar-refractivity contribution in [1.29, 1.82) is 0 Å². The normalized spacial score (nSPS) is 16.5. The maximum absolute atomic E-state index is 12.8. The number of benzene rings is 2. The van der Waals surface area contributed by atoms with Gasteiger partial charge in [0.15, 0.2) is 0 Å². The predicted molar refractivity (Wildman–Crippen MR) is 112 cm³/mol. The van der Waals surface area contributed by atoms with Crippen molar-refractivity contribution in [3.05, 3.63) is 64.7 Å². The summed E-state index contributed by atoms with van der Waals surface area (Å²) in [6, 6.07) is 12.9. The molecule has 2 N–H and O–H groups in total. The van der Waals surface area contributed by atoms with Gasteiger partial charge in [0.05, 0.1) is 19.6 Å². The Morgan fingerprint density at radius 2 is 1.97 bits per heavy atom. The highest BCUT2D eigenvalue weighted by Crippen LogP contribution is 2.22. The molecular weight excluding hydrogens is 408 g/mol. The van der Waals surface area contributed by atoms with Gasteiger partial charge in [0.1, 0.15) is 6.10 Å². The van der Waals surface area contributed by atoms with E-state index < -0.39 is 18.1 Å². The van der Waals surface area contributed by atoms with Gasteiger partial charge in [-0.1, -0.05) is 29.8 Å². The number of anilines is 1. The summed E-state index contributed by atoms with van der Waals surface area (Å²) >= 11 is 5.93. The number of rotatable bonds is 7. The van der Waals surface area contributed by atoms with Crippen molar-refractivity contribution in [1.82, 2.24) is 5.32 Å². The number of carbonyl (C=O) groups excluding carboxylic acids is 3. The van der Waals surface area contributed by atoms with E-state index in [2.05, 4.69) is 10.6 Å². The van der Waals surface area contributed by atoms with Gasteiger partial charge in [0.2, 0.25) is 0 Å². The van der Waals surface area contributed by atoms with Gasteiger partial charge in [0, 0.05) is 22.9 Å². The van der Waals surface area contributed by atoms with Crippen LogP contribution in [0.15, 0.2) is 48.5 Å². The van der Waals surface area contributed by atoms with E-state index in [1.165, 1.54) is 7.11 Å². The molecule has 1 aliphatic rings. The Labute approximate surface area is 179 Å². The zero-order valence-electron chi connectivity index (χ0n) is 16.5. The number of amides is 2. The van der Waals surface area contributed by atoms with Crippen molar-refractivity contribution in [2.45, 2.75) is 31.4 Å². The summed E-state index contributed by atoms with van der Waals surface area (Å²) in [5.74, 6) is -1.06. The van der Waals surface area contributed by atoms with Gasteiger partial charge in [0.25, 0.3) is 11.8 Å². The molecule has 2 amide bonds. The molecule has 3 rings (SSSR count). The van der Waals surface area contributed by atoms with Crippen LogP contribution in [-0.4, -0.2) is 37.6 Å². The minimum atomic E-state index is -0.590. The second-order valence-electron chi connectivity index (χ2n) is 6.93. The van der Waals surface area contributed by atoms with Gasteiger partial charge in [-0.05, 0) is 48.7 Å². The molecule has 158 valence electrons. The first-order valence-corrected chi connectivity index (χ1v) is 9.99. The van der Waals surface area contributed by atoms with Crippen molar-refractivity contribution in [3.63, 3.8) is 0 Å². The number of esters is 1. The van der Waals surface area contributed by atoms with Crippen molar-refractivity contribution >= 4 is 35.1 Å². The minimum absolute atomic E-state index is 0.0285. The molecule has 0 spiro atoms. The number of hydrogen-bond acceptors (Lipinski definition) is 5. The van der Waals surface area contributed by atoms with Crippen molar-refractivity contribution < 1.29 is 23.9 Å². The molecule has 1 saturated heterocycles. The molecule has 2 unspecified atom stereocenters. The largest absolute Gasteiger partial charge is 0.469 e. The molecule has 1 heterocycles. The summed E-state index contributed by atoms with van der Waals surface area (Å²) in [6.07, 6.45) is 1.05. The second-order valence-corrected chi connectivity index (χ2v) is 7.37. The number of methoxy groups -OCH3 is 1. The molecule has 7 nitrogen and oxygen atoms in total. The van der Waals surface area contributed by atoms with Crippen LogP contribution in [0.4, 0.5) is 5.69 Å². The average Bonchev–Trinajstić information content (AvgIpc) is 3.29. The fourth-order valence-corrected chi connectivity index (χ4v) is 3.31. The Bertz CT molecular complexity index is 910. The van der Waals surface area contributed by atoms with E-state index in [1.807, 2.05) is 0 Å². The molecule has 2 aromatic rings. The topological polar surface area (TPSA) is 93.7 Å². The third-order valence-electron chi connectivity index (χ3n) is 4.79. The highest BCUT2D eigenvalue weighted by Gasteiger charge is 2.24. The van der Waals surface area contributed by atoms with Crippen LogP contribution in [0.5, 0.6) is 0 Å². The summed E-state index contributed by atoms with van der Waals surface area (Å²) in [4.78, 5) is 36.9. The lowest BCUT2D eigenvalue weighted by molar-refractivity contribution is -0.141. The van der Waals surface area contributed by atoms with Gasteiger partial charge >= 0.3 is 5.97 Å². The van der Waals surface area contributed by atoms with Crippen LogP contribution in [0.25, 0.3) is 0 Å². The van der Waals surface area contributed by atoms with Gasteiger partial charge in [-0.3, -0.25) is 14.4 Å². The maximum Gasteiger partial charge on any atom is 0.307 e. The Hall–Kier alpha value is -2.90. The molecule has 0 aromatic heterocycles. The fourth-order valence-electron chi connectivity index (χ4n) is 3.18. The van der Waals surface area contributed by atoms with Crippen molar-refractivity contribution in [2.75, 3.05) is 19.0 Å². The lowest BCUT2D eigenvalue weighted by atomic mass is 10.0. The third-order valence-corrected chi connectivity index (χ3v) is 5.04. The lowest BCUT2D eigenvalue weighted by Gasteiger charge is -2.19. The van der Waals surface area contributed by atoms with Crippen molar-refractivity contribution in [2.24, 2.45) is 0 Å². The molecule has 8 heteroatoms. The van der Waals surface area contributed by atoms with E-state index in [9.17, 15) is 14.4 Å². The molecule has 0 bridgehead atoms. The van der Waals surface area contributed by atoms with Crippen LogP contribution in [-0.2, 0) is 19.1 Å². The number of carbonyl (C=O) groups is 3. The number of hydrogen-bond donors (Lipinski definition) is 2. The van der Waals surface area contributed by atoms with E-state index in [-0.39, 0.29) is 18.2 Å². The summed E-state index contributed by atoms with van der Waals surface area (Å²) in [6.45, 7) is 0.576. The van der Waals surface area contributed by atoms with E-state index in [1.54, 1.807) is 48.5 Å². The molecular formula is C22H23ClN2O5. The molecule has 0 radical (unpaired) electrons. The summed E-state index contributed by atoms with van der Waals surface area (Å²) in [5, 5.41) is 6.18. The smallest absolute Gasteiger partial charge is 0.307 e. The first kappa shape index (κ1) is 21.8. The summed E-state index contributed by atoms with van der Waals surface area (Å²) in [7, 11) is 1.29. The zero-order chi connectivity index (χ0) is 21.5. The highest BCUT2D eigenvalue weighted by atomic mass is 35.5. The van der Waals surface area contributed by atoms with Gasteiger partial charge < -0.3 is 20.1 Å². The summed E-state index contributed by atoms with van der Waals surface area (Å²) in [5.41, 5.74) is 1.57. The van der Waals surface area contributed by atoms with Crippen LogP contribution in [0.3, 0.4) is 0 Å². The van der Waals surface area contributed by atoms with E-state index in [0.29, 0.717) is 29.3 Å². The van der Waals surface area contributed by atoms with Crippen LogP contribution in [0.1, 0.15) is 41.2 Å². The van der Waals surface area contributed by atoms with Crippen LogP contribution >= 0.6 is 11.6 Å². The SMILES string of the molecule is COC(=O)CC(NC(=O)c1cccc(NC(=O)C2CCCO2)c1)c1ccc(Cl)cc1. The monoisotopic (exact) mass is 430 g/mol. The molecule has 30 heavy (non-hydrogen) atoms. The quantitative estimate of drug-likeness (QED) is 0.656. The van der Waals surface area contributed by atoms with Crippen molar-refractivity contribution in [3.8, 4) is 0 Å². The van der Waals surface area contributed by atoms with Gasteiger partial charge in [-0.2, -0.15) is 0 Å². The van der Waals surface area contributed by atoms with E-state index >= 15 is 0 Å². The molecule has 2 atom stereocenters. The number of ether oxygens (including phenoxy) is 2. The van der Waals surface area contributed by atoms with Crippen LogP contribution in [0.2, 0.25) is 5.02 Å². The van der Waals surface area contributed by atoms with Gasteiger partial charge in [-0.25, -0.2) is 0 Å². The zero-order valence-corrected chi connectivity index (χ0v) is 17.3. The minimum Gasteiger partial charge on any atom is -0.469 e. The maximum atomic E-state index is 12.8. The Morgan fingerprint density at radius 1 is 1.20 bits per heavy atom. The highest BCUT2D eigenvalue weighted by molar-refractivity contribution is 6.30. The Morgan fingerprint density at radius 3 is 2.63 bits per heavy atom. The molecule has 1 fully saturated rings. The molecule has 0 aliphatic carbocycles. The van der Waals surface area contributed by atoms with Crippen LogP contribution < -0.4 is 10.6 Å². The van der Waals surface area contributed by atoms with Crippen LogP contribution in [0, 0.1) is 0 Å². The van der Waals surface area contributed by atoms with E-state index in [4.69, 9.17) is 21.1 Å². The summed E-state index contributed by atoms with van der Waals surface area (Å²) < 4.78 is 10.1. The number of nitrogens with one attached hydrogen (secondary N) is 2. The first-order chi connectivity index (χ1) is 14.5. The Balaban J connectivity index is 1.72. The Kier molecular flexibility index (Phi) is 7.43. The second kappa shape index (κ2) is 10.2. The standard InChI is InChI=1S/C22H23ClN2O5/c1-29-20(26)13-18(14-7-9-16(23)10-8-14)25-21(27)15-4-2-5-17(12-15)24-22(28)19-6-3-11-30-19/h2,4-5,7-10,12,18-19H,3,6,11,13H2,1H3,(H,24,28)(H,25,27). The fraction of sp³-hybridized carbons (Fsp3) is 0.318. The average molecular weight is 431 g/mol. The molecule has 2 aromatic carbocycles. The van der Waals surface area contributed by atoms with Gasteiger partial charge in [-0.15, -0.1) is 0 Å². The third kappa shape index (κ3) is 5.81. The lowest BCUT2D eigenvalue weighted by Crippen LogP contribution is -2.31. The number of halogens is 1. The molecule has 1 aliphatic heterocycles.